The molecule has 3 aromatic heterocycles. The van der Waals surface area contributed by atoms with Gasteiger partial charge in [0.05, 0.1) is 0 Å². The summed E-state index contributed by atoms with van der Waals surface area (Å²) in [6, 6.07) is 50.3. The molecule has 0 radical (unpaired) electrons. The van der Waals surface area contributed by atoms with Crippen LogP contribution in [0.4, 0.5) is 17.1 Å². The summed E-state index contributed by atoms with van der Waals surface area (Å²) in [4.78, 5) is 7.35. The molecular weight excluding hydrogens is 592 g/mol. The van der Waals surface area contributed by atoms with Gasteiger partial charge in [-0.1, -0.05) is 78.9 Å². The molecule has 0 unspecified atom stereocenters. The fourth-order valence-electron chi connectivity index (χ4n) is 7.47. The SMILES string of the molecule is c1cc(-c2nc3c(o2)-c2cccc4cccc-3c24)cc(N(c2ccc3oc4ccccc4c3c2)c2ccc3oc4ccccc4c3c2)c1. The minimum absolute atomic E-state index is 0.598. The second-order valence-electron chi connectivity index (χ2n) is 12.3. The molecule has 0 aliphatic heterocycles. The highest BCUT2D eigenvalue weighted by Crippen LogP contribution is 2.49. The lowest BCUT2D eigenvalue weighted by molar-refractivity contribution is 0.590. The molecule has 0 spiro atoms. The number of anilines is 3. The van der Waals surface area contributed by atoms with Gasteiger partial charge in [0.25, 0.3) is 0 Å². The molecular formula is C43H24N2O3. The molecule has 0 saturated carbocycles. The number of aromatic nitrogens is 1. The summed E-state index contributed by atoms with van der Waals surface area (Å²) in [5.41, 5.74) is 10.5. The predicted octanol–water partition coefficient (Wildman–Crippen LogP) is 12.4. The molecule has 1 aliphatic carbocycles. The van der Waals surface area contributed by atoms with E-state index in [4.69, 9.17) is 18.2 Å². The topological polar surface area (TPSA) is 55.6 Å². The molecule has 224 valence electrons. The monoisotopic (exact) mass is 616 g/mol. The van der Waals surface area contributed by atoms with E-state index in [-0.39, 0.29) is 0 Å². The number of rotatable bonds is 4. The molecule has 0 N–H and O–H groups in total. The maximum absolute atomic E-state index is 6.57. The van der Waals surface area contributed by atoms with Gasteiger partial charge >= 0.3 is 0 Å². The van der Waals surface area contributed by atoms with Gasteiger partial charge < -0.3 is 18.2 Å². The zero-order valence-corrected chi connectivity index (χ0v) is 25.5. The van der Waals surface area contributed by atoms with Crippen LogP contribution < -0.4 is 4.90 Å². The average molecular weight is 617 g/mol. The molecule has 5 nitrogen and oxygen atoms in total. The van der Waals surface area contributed by atoms with Crippen LogP contribution in [0.25, 0.3) is 88.7 Å². The van der Waals surface area contributed by atoms with Crippen molar-refractivity contribution in [3.05, 3.63) is 146 Å². The lowest BCUT2D eigenvalue weighted by Gasteiger charge is -2.26. The van der Waals surface area contributed by atoms with E-state index in [2.05, 4.69) is 126 Å². The van der Waals surface area contributed by atoms with E-state index in [9.17, 15) is 0 Å². The van der Waals surface area contributed by atoms with Crippen molar-refractivity contribution in [3.8, 4) is 34.0 Å². The number of oxazole rings is 1. The van der Waals surface area contributed by atoms with Crippen LogP contribution in [0.15, 0.2) is 159 Å². The Morgan fingerprint density at radius 3 is 1.71 bits per heavy atom. The first kappa shape index (κ1) is 25.6. The van der Waals surface area contributed by atoms with Crippen molar-refractivity contribution in [1.29, 1.82) is 0 Å². The molecule has 1 aliphatic rings. The molecule has 48 heavy (non-hydrogen) atoms. The van der Waals surface area contributed by atoms with E-state index in [1.54, 1.807) is 0 Å². The first-order chi connectivity index (χ1) is 23.8. The molecule has 0 fully saturated rings. The first-order valence-corrected chi connectivity index (χ1v) is 16.0. The van der Waals surface area contributed by atoms with Crippen molar-refractivity contribution in [1.82, 2.24) is 4.98 Å². The number of furan rings is 2. The van der Waals surface area contributed by atoms with Crippen LogP contribution in [0.3, 0.4) is 0 Å². The number of hydrogen-bond donors (Lipinski definition) is 0. The molecule has 11 rings (SSSR count). The van der Waals surface area contributed by atoms with E-state index < -0.39 is 0 Å². The largest absolute Gasteiger partial charge is 0.456 e. The van der Waals surface area contributed by atoms with E-state index in [0.29, 0.717) is 5.89 Å². The minimum Gasteiger partial charge on any atom is -0.456 e. The zero-order valence-electron chi connectivity index (χ0n) is 25.5. The summed E-state index contributed by atoms with van der Waals surface area (Å²) in [7, 11) is 0. The highest BCUT2D eigenvalue weighted by Gasteiger charge is 2.28. The third-order valence-corrected chi connectivity index (χ3v) is 9.62. The van der Waals surface area contributed by atoms with Crippen molar-refractivity contribution in [2.24, 2.45) is 0 Å². The van der Waals surface area contributed by atoms with Crippen LogP contribution in [0, 0.1) is 0 Å². The van der Waals surface area contributed by atoms with E-state index in [1.165, 1.54) is 10.8 Å². The molecule has 3 heterocycles. The Kier molecular flexibility index (Phi) is 5.05. The van der Waals surface area contributed by atoms with Gasteiger partial charge in [-0.3, -0.25) is 0 Å². The number of benzene rings is 7. The average Bonchev–Trinajstić information content (AvgIpc) is 3.90. The molecule has 5 heteroatoms. The van der Waals surface area contributed by atoms with Crippen LogP contribution in [-0.2, 0) is 0 Å². The maximum atomic E-state index is 6.57. The van der Waals surface area contributed by atoms with Crippen molar-refractivity contribution in [2.75, 3.05) is 4.90 Å². The molecule has 7 aromatic carbocycles. The summed E-state index contributed by atoms with van der Waals surface area (Å²) < 4.78 is 19.0. The van der Waals surface area contributed by atoms with Crippen LogP contribution in [0.1, 0.15) is 0 Å². The van der Waals surface area contributed by atoms with Crippen molar-refractivity contribution >= 4 is 71.7 Å². The predicted molar refractivity (Wildman–Crippen MR) is 193 cm³/mol. The van der Waals surface area contributed by atoms with Gasteiger partial charge in [-0.2, -0.15) is 0 Å². The Bertz CT molecular complexity index is 2760. The maximum Gasteiger partial charge on any atom is 0.227 e. The standard InChI is InChI=1S/C43H24N2O3/c1-3-16-36-30(12-1)34-23-28(18-20-38(34)46-36)45(29-19-21-39-35(24-29)31-13-2-4-17-37(31)47-39)27-11-5-10-26(22-27)43-44-41-32-14-6-8-25-9-7-15-33(40(25)32)42(41)48-43/h1-24H. The summed E-state index contributed by atoms with van der Waals surface area (Å²) in [5, 5.41) is 6.71. The lowest BCUT2D eigenvalue weighted by atomic mass is 10.0. The van der Waals surface area contributed by atoms with Gasteiger partial charge in [0.1, 0.15) is 28.0 Å². The second kappa shape index (κ2) is 9.47. The molecule has 0 amide bonds. The Balaban J connectivity index is 1.10. The highest BCUT2D eigenvalue weighted by atomic mass is 16.4. The fourth-order valence-corrected chi connectivity index (χ4v) is 7.47. The number of para-hydroxylation sites is 2. The Labute approximate surface area is 273 Å². The normalized spacial score (nSPS) is 12.2. The van der Waals surface area contributed by atoms with Crippen molar-refractivity contribution in [2.45, 2.75) is 0 Å². The van der Waals surface area contributed by atoms with Crippen molar-refractivity contribution < 1.29 is 13.3 Å². The third-order valence-electron chi connectivity index (χ3n) is 9.62. The van der Waals surface area contributed by atoms with E-state index >= 15 is 0 Å². The molecule has 10 aromatic rings. The highest BCUT2D eigenvalue weighted by molar-refractivity contribution is 6.13. The van der Waals surface area contributed by atoms with Gasteiger partial charge in [0, 0.05) is 60.7 Å². The molecule has 0 atom stereocenters. The van der Waals surface area contributed by atoms with E-state index in [0.717, 1.165) is 89.1 Å². The summed E-state index contributed by atoms with van der Waals surface area (Å²) >= 11 is 0. The van der Waals surface area contributed by atoms with Crippen LogP contribution >= 0.6 is 0 Å². The van der Waals surface area contributed by atoms with Gasteiger partial charge in [0.15, 0.2) is 5.76 Å². The fraction of sp³-hybridized carbons (Fsp3) is 0. The second-order valence-corrected chi connectivity index (χ2v) is 12.3. The van der Waals surface area contributed by atoms with Gasteiger partial charge in [-0.15, -0.1) is 0 Å². The Hall–Kier alpha value is -6.59. The summed E-state index contributed by atoms with van der Waals surface area (Å²) in [6.45, 7) is 0. The number of fused-ring (bicyclic) bond motifs is 9. The van der Waals surface area contributed by atoms with Gasteiger partial charge in [0.2, 0.25) is 5.89 Å². The quantitative estimate of drug-likeness (QED) is 0.197. The zero-order chi connectivity index (χ0) is 31.3. The van der Waals surface area contributed by atoms with Gasteiger partial charge in [-0.05, 0) is 72.1 Å². The van der Waals surface area contributed by atoms with Crippen LogP contribution in [0.5, 0.6) is 0 Å². The van der Waals surface area contributed by atoms with E-state index in [1.807, 2.05) is 24.3 Å². The molecule has 0 saturated heterocycles. The van der Waals surface area contributed by atoms with Crippen LogP contribution in [0.2, 0.25) is 0 Å². The number of hydrogen-bond acceptors (Lipinski definition) is 5. The first-order valence-electron chi connectivity index (χ1n) is 16.0. The smallest absolute Gasteiger partial charge is 0.227 e. The third kappa shape index (κ3) is 3.58. The van der Waals surface area contributed by atoms with Gasteiger partial charge in [-0.25, -0.2) is 4.98 Å². The Morgan fingerprint density at radius 1 is 0.438 bits per heavy atom. The minimum atomic E-state index is 0.598. The summed E-state index contributed by atoms with van der Waals surface area (Å²) in [6.07, 6.45) is 0. The summed E-state index contributed by atoms with van der Waals surface area (Å²) in [5.74, 6) is 1.43. The number of nitrogens with zero attached hydrogens (tertiary/aromatic N) is 2. The molecule has 0 bridgehead atoms. The Morgan fingerprint density at radius 2 is 1.02 bits per heavy atom. The van der Waals surface area contributed by atoms with Crippen LogP contribution in [-0.4, -0.2) is 4.98 Å². The lowest BCUT2D eigenvalue weighted by Crippen LogP contribution is -2.10. The van der Waals surface area contributed by atoms with Crippen molar-refractivity contribution in [3.63, 3.8) is 0 Å².